The van der Waals surface area contributed by atoms with Crippen LogP contribution in [0.15, 0.2) is 0 Å². The van der Waals surface area contributed by atoms with E-state index in [0.29, 0.717) is 0 Å². The predicted octanol–water partition coefficient (Wildman–Crippen LogP) is 7.59. The number of hydrogen-bond acceptors (Lipinski definition) is 4. The van der Waals surface area contributed by atoms with E-state index >= 15 is 0 Å². The Balaban J connectivity index is -0.00000450. The van der Waals surface area contributed by atoms with E-state index in [0.717, 1.165) is 32.1 Å². The zero-order chi connectivity index (χ0) is 22.9. The minimum atomic E-state index is -3.81. The van der Waals surface area contributed by atoms with Gasteiger partial charge in [0.2, 0.25) is 0 Å². The third-order valence-corrected chi connectivity index (χ3v) is 6.86. The zero-order valence-electron chi connectivity index (χ0n) is 21.0. The zero-order valence-corrected chi connectivity index (χ0v) is 21.8. The van der Waals surface area contributed by atoms with Crippen molar-refractivity contribution in [1.29, 1.82) is 0 Å². The molecule has 0 N–H and O–H groups in total. The second-order valence-corrected chi connectivity index (χ2v) is 10.4. The van der Waals surface area contributed by atoms with Gasteiger partial charge in [-0.15, -0.1) is 0 Å². The molecule has 33 heavy (non-hydrogen) atoms. The molecular formula is C26H56Na2O4S. The molecule has 0 aliphatic carbocycles. The van der Waals surface area contributed by atoms with Gasteiger partial charge in [0, 0.05) is 0 Å². The normalized spacial score (nSPS) is 11.2. The van der Waals surface area contributed by atoms with Crippen LogP contribution in [-0.4, -0.2) is 80.7 Å². The van der Waals surface area contributed by atoms with Gasteiger partial charge in [0.15, 0.2) is 0 Å². The fourth-order valence-electron chi connectivity index (χ4n) is 3.89. The van der Waals surface area contributed by atoms with Crippen molar-refractivity contribution in [1.82, 2.24) is 0 Å². The van der Waals surface area contributed by atoms with Gasteiger partial charge in [-0.1, -0.05) is 142 Å². The monoisotopic (exact) mass is 510 g/mol. The Bertz CT molecular complexity index is 448. The first kappa shape index (κ1) is 39.4. The van der Waals surface area contributed by atoms with Crippen LogP contribution in [0.3, 0.4) is 0 Å². The predicted molar refractivity (Wildman–Crippen MR) is 148 cm³/mol. The van der Waals surface area contributed by atoms with Crippen LogP contribution in [0.2, 0.25) is 0 Å². The first-order valence-electron chi connectivity index (χ1n) is 13.7. The van der Waals surface area contributed by atoms with Gasteiger partial charge in [-0.05, 0) is 12.8 Å². The van der Waals surface area contributed by atoms with E-state index < -0.39 is 10.4 Å². The SMILES string of the molecule is CCCCCCCCCCCCCCOS(=O)(=O)OCCCCCCCCCCCC.[NaH].[NaH]. The van der Waals surface area contributed by atoms with Crippen molar-refractivity contribution in [2.24, 2.45) is 0 Å². The summed E-state index contributed by atoms with van der Waals surface area (Å²) in [5, 5.41) is 0. The van der Waals surface area contributed by atoms with Crippen molar-refractivity contribution in [3.05, 3.63) is 0 Å². The van der Waals surface area contributed by atoms with E-state index in [-0.39, 0.29) is 72.3 Å². The van der Waals surface area contributed by atoms with E-state index in [9.17, 15) is 8.42 Å². The average molecular weight is 511 g/mol. The van der Waals surface area contributed by atoms with Crippen molar-refractivity contribution < 1.29 is 16.8 Å². The Hall–Kier alpha value is 1.87. The summed E-state index contributed by atoms with van der Waals surface area (Å²) >= 11 is 0. The molecule has 0 aliphatic rings. The molecule has 0 saturated carbocycles. The topological polar surface area (TPSA) is 52.6 Å². The van der Waals surface area contributed by atoms with Crippen molar-refractivity contribution in [2.75, 3.05) is 13.2 Å². The summed E-state index contributed by atoms with van der Waals surface area (Å²) in [6.45, 7) is 4.99. The molecule has 0 saturated heterocycles. The Morgan fingerprint density at radius 1 is 0.394 bits per heavy atom. The molecule has 0 aromatic rings. The summed E-state index contributed by atoms with van der Waals surface area (Å²) in [4.78, 5) is 0. The molecule has 0 bridgehead atoms. The standard InChI is InChI=1S/C26H54O4S.2Na.2H/c1-3-5-7-9-11-13-15-16-18-20-22-24-26-30-31(27,28)29-25-23-21-19-17-14-12-10-8-6-4-2;;;;/h3-26H2,1-2H3;;;;. The molecule has 192 valence electrons. The first-order chi connectivity index (χ1) is 15.1. The van der Waals surface area contributed by atoms with Crippen molar-refractivity contribution in [3.63, 3.8) is 0 Å². The fraction of sp³-hybridized carbons (Fsp3) is 1.00. The molecule has 0 aliphatic heterocycles. The van der Waals surface area contributed by atoms with Crippen molar-refractivity contribution in [3.8, 4) is 0 Å². The summed E-state index contributed by atoms with van der Waals surface area (Å²) in [6, 6.07) is 0. The van der Waals surface area contributed by atoms with Crippen LogP contribution in [0.5, 0.6) is 0 Å². The van der Waals surface area contributed by atoms with E-state index in [1.54, 1.807) is 0 Å². The summed E-state index contributed by atoms with van der Waals surface area (Å²) < 4.78 is 33.4. The maximum atomic E-state index is 11.7. The molecule has 0 atom stereocenters. The molecule has 0 heterocycles. The van der Waals surface area contributed by atoms with E-state index in [2.05, 4.69) is 13.8 Å². The van der Waals surface area contributed by atoms with Gasteiger partial charge in [-0.2, -0.15) is 8.42 Å². The molecule has 0 aromatic heterocycles. The van der Waals surface area contributed by atoms with Crippen LogP contribution in [0.25, 0.3) is 0 Å². The molecule has 0 rings (SSSR count). The molecule has 0 unspecified atom stereocenters. The van der Waals surface area contributed by atoms with E-state index in [1.807, 2.05) is 0 Å². The van der Waals surface area contributed by atoms with Crippen LogP contribution < -0.4 is 0 Å². The minimum absolute atomic E-state index is 0. The van der Waals surface area contributed by atoms with Gasteiger partial charge >= 0.3 is 69.5 Å². The molecule has 4 nitrogen and oxygen atoms in total. The Labute approximate surface area is 252 Å². The number of hydrogen-bond donors (Lipinski definition) is 0. The third-order valence-electron chi connectivity index (χ3n) is 5.95. The summed E-state index contributed by atoms with van der Waals surface area (Å²) in [6.07, 6.45) is 27.3. The Kier molecular flexibility index (Phi) is 38.1. The molecule has 0 aromatic carbocycles. The molecular weight excluding hydrogens is 454 g/mol. The van der Waals surface area contributed by atoms with Crippen LogP contribution in [0, 0.1) is 0 Å². The molecule has 0 spiro atoms. The van der Waals surface area contributed by atoms with Crippen LogP contribution in [0.1, 0.15) is 155 Å². The Morgan fingerprint density at radius 3 is 0.848 bits per heavy atom. The quantitative estimate of drug-likeness (QED) is 0.0888. The average Bonchev–Trinajstić information content (AvgIpc) is 2.75. The van der Waals surface area contributed by atoms with Crippen LogP contribution >= 0.6 is 0 Å². The fourth-order valence-corrected chi connectivity index (χ4v) is 4.60. The summed E-state index contributed by atoms with van der Waals surface area (Å²) in [5.74, 6) is 0. The molecule has 0 radical (unpaired) electrons. The van der Waals surface area contributed by atoms with Gasteiger partial charge in [-0.25, -0.2) is 8.37 Å². The van der Waals surface area contributed by atoms with Gasteiger partial charge in [-0.3, -0.25) is 0 Å². The molecule has 7 heteroatoms. The van der Waals surface area contributed by atoms with Gasteiger partial charge in [0.1, 0.15) is 0 Å². The van der Waals surface area contributed by atoms with Gasteiger partial charge in [0.05, 0.1) is 13.2 Å². The Morgan fingerprint density at radius 2 is 0.606 bits per heavy atom. The van der Waals surface area contributed by atoms with Gasteiger partial charge < -0.3 is 0 Å². The second kappa shape index (κ2) is 31.9. The third kappa shape index (κ3) is 33.9. The molecule has 0 amide bonds. The van der Waals surface area contributed by atoms with Crippen LogP contribution in [-0.2, 0) is 18.8 Å². The van der Waals surface area contributed by atoms with E-state index in [4.69, 9.17) is 8.37 Å². The summed E-state index contributed by atoms with van der Waals surface area (Å²) in [5.41, 5.74) is 0. The first-order valence-corrected chi connectivity index (χ1v) is 15.0. The van der Waals surface area contributed by atoms with Crippen LogP contribution in [0.4, 0.5) is 0 Å². The number of unbranched alkanes of at least 4 members (excludes halogenated alkanes) is 20. The maximum absolute atomic E-state index is 11.7. The van der Waals surface area contributed by atoms with Gasteiger partial charge in [0.25, 0.3) is 0 Å². The number of rotatable bonds is 26. The van der Waals surface area contributed by atoms with E-state index in [1.165, 1.54) is 109 Å². The van der Waals surface area contributed by atoms with Crippen molar-refractivity contribution in [2.45, 2.75) is 155 Å². The second-order valence-electron chi connectivity index (χ2n) is 9.12. The van der Waals surface area contributed by atoms with Crippen molar-refractivity contribution >= 4 is 69.5 Å². The molecule has 0 fully saturated rings. The summed E-state index contributed by atoms with van der Waals surface area (Å²) in [7, 11) is -3.81.